The largest absolute Gasteiger partial charge is 0.451 e. The molecular weight excluding hydrogens is 275 g/mol. The number of furan rings is 1. The summed E-state index contributed by atoms with van der Waals surface area (Å²) in [5.74, 6) is -1.84. The molecule has 0 aliphatic rings. The average Bonchev–Trinajstić information content (AvgIpc) is 2.81. The lowest BCUT2D eigenvalue weighted by Crippen LogP contribution is -2.15. The van der Waals surface area contributed by atoms with E-state index in [0.717, 1.165) is 12.1 Å². The molecule has 2 rings (SSSR count). The number of primary amides is 1. The van der Waals surface area contributed by atoms with Gasteiger partial charge in [-0.3, -0.25) is 9.52 Å². The zero-order valence-corrected chi connectivity index (χ0v) is 10.3. The van der Waals surface area contributed by atoms with E-state index in [4.69, 9.17) is 10.2 Å². The molecule has 100 valence electrons. The molecule has 1 aromatic heterocycles. The van der Waals surface area contributed by atoms with Gasteiger partial charge in [0.05, 0.1) is 17.5 Å². The average molecular weight is 284 g/mol. The van der Waals surface area contributed by atoms with Gasteiger partial charge in [0.15, 0.2) is 0 Å². The summed E-state index contributed by atoms with van der Waals surface area (Å²) in [4.78, 5) is 10.8. The second-order valence-electron chi connectivity index (χ2n) is 3.60. The quantitative estimate of drug-likeness (QED) is 0.883. The molecule has 0 saturated carbocycles. The van der Waals surface area contributed by atoms with Crippen LogP contribution in [0.5, 0.6) is 0 Å². The topological polar surface area (TPSA) is 102 Å². The molecule has 0 aliphatic heterocycles. The molecule has 6 nitrogen and oxygen atoms in total. The smallest absolute Gasteiger partial charge is 0.295 e. The molecule has 1 aromatic carbocycles. The maximum atomic E-state index is 13.5. The Morgan fingerprint density at radius 3 is 2.58 bits per heavy atom. The van der Waals surface area contributed by atoms with Crippen molar-refractivity contribution >= 4 is 21.6 Å². The molecule has 0 radical (unpaired) electrons. The number of hydrogen-bond acceptors (Lipinski definition) is 4. The number of nitrogens with two attached hydrogens (primary N) is 1. The van der Waals surface area contributed by atoms with E-state index in [9.17, 15) is 17.6 Å². The van der Waals surface area contributed by atoms with Gasteiger partial charge in [0.25, 0.3) is 15.9 Å². The highest BCUT2D eigenvalue weighted by Crippen LogP contribution is 2.19. The number of nitrogens with one attached hydrogen (secondary N) is 1. The van der Waals surface area contributed by atoms with Crippen molar-refractivity contribution in [1.29, 1.82) is 0 Å². The third-order valence-electron chi connectivity index (χ3n) is 2.25. The zero-order valence-electron chi connectivity index (χ0n) is 9.46. The van der Waals surface area contributed by atoms with Crippen LogP contribution in [-0.2, 0) is 10.0 Å². The summed E-state index contributed by atoms with van der Waals surface area (Å²) in [6.45, 7) is 0. The van der Waals surface area contributed by atoms with Crippen LogP contribution >= 0.6 is 0 Å². The first-order valence-electron chi connectivity index (χ1n) is 5.06. The highest BCUT2D eigenvalue weighted by molar-refractivity contribution is 7.92. The molecule has 1 amide bonds. The fraction of sp³-hybridized carbons (Fsp3) is 0. The van der Waals surface area contributed by atoms with Crippen LogP contribution < -0.4 is 10.5 Å². The number of anilines is 1. The monoisotopic (exact) mass is 284 g/mol. The molecule has 0 fully saturated rings. The second kappa shape index (κ2) is 4.73. The van der Waals surface area contributed by atoms with Crippen LogP contribution in [0, 0.1) is 5.82 Å². The summed E-state index contributed by atoms with van der Waals surface area (Å²) in [6, 6.07) is 5.84. The molecule has 0 spiro atoms. The minimum absolute atomic E-state index is 0.0427. The van der Waals surface area contributed by atoms with Gasteiger partial charge < -0.3 is 10.2 Å². The first-order chi connectivity index (χ1) is 8.90. The number of hydrogen-bond donors (Lipinski definition) is 2. The van der Waals surface area contributed by atoms with E-state index in [0.29, 0.717) is 0 Å². The van der Waals surface area contributed by atoms with Crippen LogP contribution in [0.3, 0.4) is 0 Å². The third kappa shape index (κ3) is 2.74. The Morgan fingerprint density at radius 1 is 1.32 bits per heavy atom. The molecule has 2 aromatic rings. The van der Waals surface area contributed by atoms with Crippen molar-refractivity contribution in [3.05, 3.63) is 48.0 Å². The van der Waals surface area contributed by atoms with Gasteiger partial charge in [0.1, 0.15) is 5.82 Å². The molecule has 1 heterocycles. The number of rotatable bonds is 4. The van der Waals surface area contributed by atoms with Gasteiger partial charge in [-0.2, -0.15) is 8.42 Å². The summed E-state index contributed by atoms with van der Waals surface area (Å²) in [7, 11) is -3.92. The molecule has 0 atom stereocenters. The number of carbonyl (C=O) groups excluding carboxylic acids is 1. The maximum absolute atomic E-state index is 13.5. The van der Waals surface area contributed by atoms with Gasteiger partial charge in [0.2, 0.25) is 5.09 Å². The Bertz CT molecular complexity index is 710. The van der Waals surface area contributed by atoms with Gasteiger partial charge in [-0.25, -0.2) is 4.39 Å². The SMILES string of the molecule is NC(=O)c1ccc(NS(=O)(=O)c2ccco2)cc1F. The minimum Gasteiger partial charge on any atom is -0.451 e. The zero-order chi connectivity index (χ0) is 14.0. The van der Waals surface area contributed by atoms with E-state index in [1.54, 1.807) is 0 Å². The van der Waals surface area contributed by atoms with Crippen molar-refractivity contribution < 1.29 is 22.0 Å². The van der Waals surface area contributed by atoms with Crippen molar-refractivity contribution in [2.24, 2.45) is 5.73 Å². The summed E-state index contributed by atoms with van der Waals surface area (Å²) < 4.78 is 43.9. The van der Waals surface area contributed by atoms with Gasteiger partial charge in [-0.1, -0.05) is 0 Å². The highest BCUT2D eigenvalue weighted by Gasteiger charge is 2.18. The van der Waals surface area contributed by atoms with E-state index in [1.165, 1.54) is 24.5 Å². The van der Waals surface area contributed by atoms with Gasteiger partial charge in [0, 0.05) is 0 Å². The Labute approximate surface area is 108 Å². The standard InChI is InChI=1S/C11H9FN2O4S/c12-9-6-7(3-4-8(9)11(13)15)14-19(16,17)10-2-1-5-18-10/h1-6,14H,(H2,13,15). The van der Waals surface area contributed by atoms with Crippen LogP contribution in [0.2, 0.25) is 0 Å². The molecule has 8 heteroatoms. The van der Waals surface area contributed by atoms with Crippen LogP contribution in [0.25, 0.3) is 0 Å². The Hall–Kier alpha value is -2.35. The predicted octanol–water partition coefficient (Wildman–Crippen LogP) is 1.32. The molecule has 0 unspecified atom stereocenters. The van der Waals surface area contributed by atoms with E-state index < -0.39 is 21.7 Å². The van der Waals surface area contributed by atoms with Crippen molar-refractivity contribution in [1.82, 2.24) is 0 Å². The van der Waals surface area contributed by atoms with Crippen LogP contribution in [0.1, 0.15) is 10.4 Å². The van der Waals surface area contributed by atoms with Gasteiger partial charge in [-0.05, 0) is 30.3 Å². The summed E-state index contributed by atoms with van der Waals surface area (Å²) in [5, 5.41) is -0.299. The van der Waals surface area contributed by atoms with E-state index in [-0.39, 0.29) is 16.3 Å². The van der Waals surface area contributed by atoms with Crippen molar-refractivity contribution in [2.45, 2.75) is 5.09 Å². The molecule has 0 bridgehead atoms. The van der Waals surface area contributed by atoms with Gasteiger partial charge >= 0.3 is 0 Å². The minimum atomic E-state index is -3.92. The number of sulfonamides is 1. The van der Waals surface area contributed by atoms with Crippen LogP contribution in [0.15, 0.2) is 46.1 Å². The number of halogens is 1. The summed E-state index contributed by atoms with van der Waals surface area (Å²) in [5.41, 5.74) is 4.58. The molecule has 0 aliphatic carbocycles. The molecule has 19 heavy (non-hydrogen) atoms. The fourth-order valence-corrected chi connectivity index (χ4v) is 2.38. The van der Waals surface area contributed by atoms with E-state index in [2.05, 4.69) is 4.72 Å². The normalized spacial score (nSPS) is 11.2. The lowest BCUT2D eigenvalue weighted by atomic mass is 10.2. The van der Waals surface area contributed by atoms with Crippen LogP contribution in [-0.4, -0.2) is 14.3 Å². The predicted molar refractivity (Wildman–Crippen MR) is 64.4 cm³/mol. The molecule has 0 saturated heterocycles. The Balaban J connectivity index is 2.30. The maximum Gasteiger partial charge on any atom is 0.295 e. The van der Waals surface area contributed by atoms with Gasteiger partial charge in [-0.15, -0.1) is 0 Å². The van der Waals surface area contributed by atoms with Crippen molar-refractivity contribution in [3.8, 4) is 0 Å². The van der Waals surface area contributed by atoms with Crippen LogP contribution in [0.4, 0.5) is 10.1 Å². The lowest BCUT2D eigenvalue weighted by molar-refractivity contribution is 0.0996. The lowest BCUT2D eigenvalue weighted by Gasteiger charge is -2.06. The fourth-order valence-electron chi connectivity index (χ4n) is 1.40. The summed E-state index contributed by atoms with van der Waals surface area (Å²) in [6.07, 6.45) is 1.20. The number of amides is 1. The van der Waals surface area contributed by atoms with Crippen molar-refractivity contribution in [3.63, 3.8) is 0 Å². The number of benzene rings is 1. The Kier molecular flexibility index (Phi) is 3.26. The first-order valence-corrected chi connectivity index (χ1v) is 6.54. The first kappa shape index (κ1) is 13.1. The Morgan fingerprint density at radius 2 is 2.05 bits per heavy atom. The third-order valence-corrected chi connectivity index (χ3v) is 3.51. The summed E-state index contributed by atoms with van der Waals surface area (Å²) >= 11 is 0. The van der Waals surface area contributed by atoms with E-state index >= 15 is 0 Å². The second-order valence-corrected chi connectivity index (χ2v) is 5.21. The van der Waals surface area contributed by atoms with Crippen molar-refractivity contribution in [2.75, 3.05) is 4.72 Å². The highest BCUT2D eigenvalue weighted by atomic mass is 32.2. The van der Waals surface area contributed by atoms with E-state index in [1.807, 2.05) is 0 Å². The molecular formula is C11H9FN2O4S. The molecule has 3 N–H and O–H groups in total. The number of carbonyl (C=O) groups is 1.